The first kappa shape index (κ1) is 17.7. The van der Waals surface area contributed by atoms with Crippen LogP contribution in [0.3, 0.4) is 0 Å². The number of aliphatic carboxylic acids is 1. The first-order chi connectivity index (χ1) is 9.36. The average molecular weight is 310 g/mol. The van der Waals surface area contributed by atoms with Gasteiger partial charge in [0, 0.05) is 5.75 Å². The van der Waals surface area contributed by atoms with E-state index in [0.717, 1.165) is 0 Å². The summed E-state index contributed by atoms with van der Waals surface area (Å²) in [4.78, 5) is 10.5. The number of carboxylic acids is 1. The largest absolute Gasteiger partial charge is 0.481 e. The molecular formula is C12H22O7S. The zero-order valence-electron chi connectivity index (χ0n) is 11.5. The third-order valence-corrected chi connectivity index (χ3v) is 4.30. The fourth-order valence-electron chi connectivity index (χ4n) is 1.81. The highest BCUT2D eigenvalue weighted by Gasteiger charge is 2.43. The van der Waals surface area contributed by atoms with E-state index in [4.69, 9.17) is 14.6 Å². The van der Waals surface area contributed by atoms with E-state index < -0.39 is 36.7 Å². The van der Waals surface area contributed by atoms with Crippen LogP contribution in [0.1, 0.15) is 26.7 Å². The highest BCUT2D eigenvalue weighted by molar-refractivity contribution is 7.99. The van der Waals surface area contributed by atoms with Crippen molar-refractivity contribution in [1.29, 1.82) is 0 Å². The zero-order chi connectivity index (χ0) is 15.3. The van der Waals surface area contributed by atoms with Gasteiger partial charge < -0.3 is 29.9 Å². The lowest BCUT2D eigenvalue weighted by Gasteiger charge is -2.40. The first-order valence-electron chi connectivity index (χ1n) is 6.55. The van der Waals surface area contributed by atoms with Crippen LogP contribution in [0.4, 0.5) is 0 Å². The Kier molecular flexibility index (Phi) is 7.21. The van der Waals surface area contributed by atoms with Crippen LogP contribution in [0.2, 0.25) is 0 Å². The molecule has 118 valence electrons. The number of carbonyl (C=O) groups is 1. The third kappa shape index (κ3) is 4.87. The van der Waals surface area contributed by atoms with E-state index in [-0.39, 0.29) is 11.9 Å². The van der Waals surface area contributed by atoms with Crippen LogP contribution in [-0.2, 0) is 14.3 Å². The van der Waals surface area contributed by atoms with Crippen LogP contribution in [0.15, 0.2) is 0 Å². The minimum atomic E-state index is -1.34. The molecular weight excluding hydrogens is 288 g/mol. The predicted octanol–water partition coefficient (Wildman–Crippen LogP) is -0.226. The Labute approximate surface area is 121 Å². The molecule has 0 bridgehead atoms. The molecule has 0 aromatic heterocycles. The van der Waals surface area contributed by atoms with Gasteiger partial charge in [-0.2, -0.15) is 0 Å². The van der Waals surface area contributed by atoms with Gasteiger partial charge in [0.05, 0.1) is 12.5 Å². The smallest absolute Gasteiger partial charge is 0.304 e. The van der Waals surface area contributed by atoms with Gasteiger partial charge in [-0.1, -0.05) is 6.92 Å². The van der Waals surface area contributed by atoms with E-state index in [0.29, 0.717) is 12.2 Å². The highest BCUT2D eigenvalue weighted by atomic mass is 32.2. The van der Waals surface area contributed by atoms with Gasteiger partial charge in [0.2, 0.25) is 0 Å². The monoisotopic (exact) mass is 310 g/mol. The number of rotatable bonds is 7. The molecule has 1 rings (SSSR count). The molecule has 7 nitrogen and oxygen atoms in total. The number of carboxylic acid groups (broad SMARTS) is 1. The van der Waals surface area contributed by atoms with Crippen LogP contribution in [-0.4, -0.2) is 68.3 Å². The molecule has 8 heteroatoms. The summed E-state index contributed by atoms with van der Waals surface area (Å²) < 4.78 is 10.9. The lowest BCUT2D eigenvalue weighted by Crippen LogP contribution is -2.57. The summed E-state index contributed by atoms with van der Waals surface area (Å²) in [6.45, 7) is 3.44. The highest BCUT2D eigenvalue weighted by Crippen LogP contribution is 2.26. The minimum absolute atomic E-state index is 0.0242. The molecule has 1 heterocycles. The van der Waals surface area contributed by atoms with Crippen LogP contribution in [0.25, 0.3) is 0 Å². The molecule has 0 saturated carbocycles. The van der Waals surface area contributed by atoms with E-state index in [9.17, 15) is 20.1 Å². The molecule has 0 spiro atoms. The van der Waals surface area contributed by atoms with Crippen LogP contribution < -0.4 is 0 Å². The lowest BCUT2D eigenvalue weighted by molar-refractivity contribution is -0.296. The molecule has 6 atom stereocenters. The van der Waals surface area contributed by atoms with Crippen molar-refractivity contribution in [1.82, 2.24) is 0 Å². The Morgan fingerprint density at radius 3 is 2.50 bits per heavy atom. The van der Waals surface area contributed by atoms with E-state index in [2.05, 4.69) is 0 Å². The summed E-state index contributed by atoms with van der Waals surface area (Å²) in [5.74, 6) is -0.495. The number of thioether (sulfide) groups is 1. The Morgan fingerprint density at radius 2 is 1.95 bits per heavy atom. The molecule has 0 amide bonds. The van der Waals surface area contributed by atoms with Crippen molar-refractivity contribution in [3.05, 3.63) is 0 Å². The summed E-state index contributed by atoms with van der Waals surface area (Å²) >= 11 is 1.31. The van der Waals surface area contributed by atoms with Crippen LogP contribution in [0.5, 0.6) is 0 Å². The first-order valence-corrected chi connectivity index (χ1v) is 7.60. The maximum atomic E-state index is 10.5. The van der Waals surface area contributed by atoms with Crippen molar-refractivity contribution in [2.45, 2.75) is 62.8 Å². The molecule has 1 aliphatic rings. The Hall–Kier alpha value is -0.380. The fourth-order valence-corrected chi connectivity index (χ4v) is 2.79. The number of hydrogen-bond donors (Lipinski definition) is 4. The Balaban J connectivity index is 2.49. The molecule has 2 unspecified atom stereocenters. The van der Waals surface area contributed by atoms with Crippen LogP contribution in [0, 0.1) is 0 Å². The topological polar surface area (TPSA) is 116 Å². The molecule has 0 aliphatic carbocycles. The van der Waals surface area contributed by atoms with E-state index in [1.165, 1.54) is 11.8 Å². The minimum Gasteiger partial charge on any atom is -0.481 e. The molecule has 1 fully saturated rings. The van der Waals surface area contributed by atoms with Crippen molar-refractivity contribution >= 4 is 17.7 Å². The Bertz CT molecular complexity index is 314. The van der Waals surface area contributed by atoms with E-state index in [1.807, 2.05) is 6.92 Å². The number of hydrogen-bond acceptors (Lipinski definition) is 7. The summed E-state index contributed by atoms with van der Waals surface area (Å²) in [6.07, 6.45) is -4.89. The van der Waals surface area contributed by atoms with Gasteiger partial charge in [0.25, 0.3) is 0 Å². The lowest BCUT2D eigenvalue weighted by atomic mass is 10.0. The van der Waals surface area contributed by atoms with Crippen molar-refractivity contribution in [3.63, 3.8) is 0 Å². The van der Waals surface area contributed by atoms with Gasteiger partial charge in [-0.3, -0.25) is 4.79 Å². The predicted molar refractivity (Wildman–Crippen MR) is 72.2 cm³/mol. The molecule has 1 aliphatic heterocycles. The molecule has 1 saturated heterocycles. The maximum absolute atomic E-state index is 10.5. The van der Waals surface area contributed by atoms with Crippen molar-refractivity contribution in [3.8, 4) is 0 Å². The Morgan fingerprint density at radius 1 is 1.30 bits per heavy atom. The van der Waals surface area contributed by atoms with Gasteiger partial charge >= 0.3 is 5.97 Å². The fraction of sp³-hybridized carbons (Fsp3) is 0.917. The number of ether oxygens (including phenoxy) is 2. The summed E-state index contributed by atoms with van der Waals surface area (Å²) in [6, 6.07) is 0. The van der Waals surface area contributed by atoms with Gasteiger partial charge in [-0.25, -0.2) is 0 Å². The van der Waals surface area contributed by atoms with Gasteiger partial charge in [-0.15, -0.1) is 11.8 Å². The quantitative estimate of drug-likeness (QED) is 0.477. The van der Waals surface area contributed by atoms with E-state index >= 15 is 0 Å². The summed E-state index contributed by atoms with van der Waals surface area (Å²) in [7, 11) is 0. The molecule has 4 N–H and O–H groups in total. The zero-order valence-corrected chi connectivity index (χ0v) is 12.3. The van der Waals surface area contributed by atoms with Gasteiger partial charge in [0.1, 0.15) is 23.7 Å². The van der Waals surface area contributed by atoms with Crippen molar-refractivity contribution in [2.75, 3.05) is 5.75 Å². The number of aliphatic hydroxyl groups excluding tert-OH is 3. The third-order valence-electron chi connectivity index (χ3n) is 3.05. The maximum Gasteiger partial charge on any atom is 0.304 e. The van der Waals surface area contributed by atoms with Gasteiger partial charge in [0.15, 0.2) is 6.29 Å². The molecule has 0 aromatic carbocycles. The number of aliphatic hydroxyl groups is 3. The second-order valence-electron chi connectivity index (χ2n) is 4.67. The van der Waals surface area contributed by atoms with Crippen molar-refractivity contribution in [2.24, 2.45) is 0 Å². The van der Waals surface area contributed by atoms with Gasteiger partial charge in [-0.05, 0) is 13.3 Å². The molecule has 20 heavy (non-hydrogen) atoms. The summed E-state index contributed by atoms with van der Waals surface area (Å²) in [5.41, 5.74) is -0.344. The van der Waals surface area contributed by atoms with E-state index in [1.54, 1.807) is 6.92 Å². The van der Waals surface area contributed by atoms with Crippen molar-refractivity contribution < 1.29 is 34.7 Å². The average Bonchev–Trinajstić information content (AvgIpc) is 2.40. The standard InChI is InChI=1S/C12H22O7S/c1-3-8(20-5-4-7(13)14)19-12-11(17)10(16)9(15)6(2)18-12/h6,8-12,15-17H,3-5H2,1-2H3,(H,13,14)/t6-,8?,9+,10+,11-,12?/m0/s1. The second kappa shape index (κ2) is 8.16. The molecule has 0 aromatic rings. The second-order valence-corrected chi connectivity index (χ2v) is 5.94. The normalized spacial score (nSPS) is 35.8. The SMILES string of the molecule is CCC(OC1O[C@@H](C)[C@@H](O)[C@@H](O)[C@@H]1O)SCCC(=O)O. The van der Waals surface area contributed by atoms with Crippen LogP contribution >= 0.6 is 11.8 Å². The molecule has 0 radical (unpaired) electrons. The summed E-state index contributed by atoms with van der Waals surface area (Å²) in [5, 5.41) is 37.6.